The first kappa shape index (κ1) is 20.6. The molecule has 0 bridgehead atoms. The monoisotopic (exact) mass is 392 g/mol. The van der Waals surface area contributed by atoms with Crippen LogP contribution in [0.2, 0.25) is 0 Å². The predicted molar refractivity (Wildman–Crippen MR) is 99.0 cm³/mol. The van der Waals surface area contributed by atoms with E-state index in [-0.39, 0.29) is 6.61 Å². The van der Waals surface area contributed by atoms with Gasteiger partial charge in [-0.3, -0.25) is 19.2 Å². The summed E-state index contributed by atoms with van der Waals surface area (Å²) in [7, 11) is -4.31. The highest BCUT2D eigenvalue weighted by atomic mass is 31.2. The first-order valence-corrected chi connectivity index (χ1v) is 9.80. The SMILES string of the molecule is NC(=O)CC(=O)NP(=O)(O)OCCCc1cccc(Oc2ccccc2)c1. The molecule has 0 radical (unpaired) electrons. The van der Waals surface area contributed by atoms with Gasteiger partial charge < -0.3 is 15.4 Å². The van der Waals surface area contributed by atoms with Crippen molar-refractivity contribution in [2.24, 2.45) is 5.73 Å². The third kappa shape index (κ3) is 8.04. The van der Waals surface area contributed by atoms with Gasteiger partial charge in [-0.1, -0.05) is 30.3 Å². The number of ether oxygens (including phenoxy) is 1. The third-order valence-electron chi connectivity index (χ3n) is 3.35. The first-order valence-electron chi connectivity index (χ1n) is 8.23. The van der Waals surface area contributed by atoms with Gasteiger partial charge in [0.05, 0.1) is 6.61 Å². The fourth-order valence-corrected chi connectivity index (χ4v) is 3.08. The predicted octanol–water partition coefficient (Wildman–Crippen LogP) is 2.52. The Morgan fingerprint density at radius 1 is 1.07 bits per heavy atom. The number of nitrogens with two attached hydrogens (primary N) is 1. The molecular weight excluding hydrogens is 371 g/mol. The molecule has 0 saturated heterocycles. The van der Waals surface area contributed by atoms with E-state index in [1.807, 2.05) is 54.6 Å². The fourth-order valence-electron chi connectivity index (χ4n) is 2.24. The van der Waals surface area contributed by atoms with E-state index in [0.717, 1.165) is 11.3 Å². The summed E-state index contributed by atoms with van der Waals surface area (Å²) in [5, 5.41) is 1.75. The molecule has 0 saturated carbocycles. The molecule has 8 nitrogen and oxygen atoms in total. The van der Waals surface area contributed by atoms with Gasteiger partial charge in [0.1, 0.15) is 17.9 Å². The quantitative estimate of drug-likeness (QED) is 0.324. The number of para-hydroxylation sites is 1. The van der Waals surface area contributed by atoms with Gasteiger partial charge in [0.2, 0.25) is 11.8 Å². The number of rotatable bonds is 10. The Morgan fingerprint density at radius 3 is 2.48 bits per heavy atom. The van der Waals surface area contributed by atoms with Crippen LogP contribution in [0, 0.1) is 0 Å². The molecule has 2 aromatic carbocycles. The van der Waals surface area contributed by atoms with Gasteiger partial charge in [-0.25, -0.2) is 4.57 Å². The Kier molecular flexibility index (Phi) is 7.55. The third-order valence-corrected chi connectivity index (χ3v) is 4.42. The molecule has 27 heavy (non-hydrogen) atoms. The van der Waals surface area contributed by atoms with Crippen molar-refractivity contribution < 1.29 is 28.3 Å². The number of nitrogens with one attached hydrogen (secondary N) is 1. The smallest absolute Gasteiger partial charge is 0.432 e. The Hall–Kier alpha value is -2.67. The maximum Gasteiger partial charge on any atom is 0.432 e. The van der Waals surface area contributed by atoms with E-state index in [1.54, 1.807) is 5.09 Å². The molecule has 0 spiro atoms. The summed E-state index contributed by atoms with van der Waals surface area (Å²) < 4.78 is 22.3. The minimum Gasteiger partial charge on any atom is -0.457 e. The van der Waals surface area contributed by atoms with E-state index in [1.165, 1.54) is 0 Å². The molecule has 1 atom stereocenters. The van der Waals surface area contributed by atoms with Crippen molar-refractivity contribution in [3.05, 3.63) is 60.2 Å². The Bertz CT molecular complexity index is 828. The van der Waals surface area contributed by atoms with E-state index in [4.69, 9.17) is 15.0 Å². The molecular formula is C18H21N2O6P. The van der Waals surface area contributed by atoms with Crippen LogP contribution in [0.25, 0.3) is 0 Å². The largest absolute Gasteiger partial charge is 0.457 e. The van der Waals surface area contributed by atoms with Crippen LogP contribution < -0.4 is 15.6 Å². The Labute approximate surface area is 156 Å². The zero-order valence-electron chi connectivity index (χ0n) is 14.5. The van der Waals surface area contributed by atoms with E-state index in [9.17, 15) is 19.0 Å². The van der Waals surface area contributed by atoms with E-state index >= 15 is 0 Å². The molecule has 4 N–H and O–H groups in total. The normalized spacial score (nSPS) is 12.8. The highest BCUT2D eigenvalue weighted by molar-refractivity contribution is 7.51. The molecule has 2 aromatic rings. The Balaban J connectivity index is 1.78. The molecule has 9 heteroatoms. The number of hydrogen-bond acceptors (Lipinski definition) is 5. The lowest BCUT2D eigenvalue weighted by Gasteiger charge is -2.13. The molecule has 0 aliphatic heterocycles. The second-order valence-corrected chi connectivity index (χ2v) is 7.22. The summed E-state index contributed by atoms with van der Waals surface area (Å²) in [4.78, 5) is 31.4. The molecule has 0 aliphatic rings. The number of aryl methyl sites for hydroxylation is 1. The lowest BCUT2D eigenvalue weighted by molar-refractivity contribution is -0.126. The lowest BCUT2D eigenvalue weighted by Crippen LogP contribution is -2.27. The van der Waals surface area contributed by atoms with Crippen LogP contribution in [0.5, 0.6) is 11.5 Å². The number of benzene rings is 2. The van der Waals surface area contributed by atoms with Gasteiger partial charge in [0.15, 0.2) is 0 Å². The summed E-state index contributed by atoms with van der Waals surface area (Å²) in [5.74, 6) is -0.443. The minimum atomic E-state index is -4.31. The van der Waals surface area contributed by atoms with Crippen molar-refractivity contribution in [2.75, 3.05) is 6.61 Å². The molecule has 0 aliphatic carbocycles. The second-order valence-electron chi connectivity index (χ2n) is 5.70. The van der Waals surface area contributed by atoms with Crippen LogP contribution in [0.3, 0.4) is 0 Å². The number of amides is 2. The van der Waals surface area contributed by atoms with Gasteiger partial charge in [-0.2, -0.15) is 0 Å². The van der Waals surface area contributed by atoms with Crippen molar-refractivity contribution in [2.45, 2.75) is 19.3 Å². The van der Waals surface area contributed by atoms with Crippen LogP contribution in [-0.4, -0.2) is 23.3 Å². The van der Waals surface area contributed by atoms with Crippen LogP contribution in [0.4, 0.5) is 0 Å². The van der Waals surface area contributed by atoms with Crippen LogP contribution in [0.1, 0.15) is 18.4 Å². The fraction of sp³-hybridized carbons (Fsp3) is 0.222. The highest BCUT2D eigenvalue weighted by Crippen LogP contribution is 2.36. The molecule has 2 rings (SSSR count). The molecule has 2 amide bonds. The first-order chi connectivity index (χ1) is 12.8. The van der Waals surface area contributed by atoms with Crippen LogP contribution in [-0.2, 0) is 25.1 Å². The van der Waals surface area contributed by atoms with E-state index in [2.05, 4.69) is 0 Å². The van der Waals surface area contributed by atoms with Crippen LogP contribution in [0.15, 0.2) is 54.6 Å². The molecule has 0 aromatic heterocycles. The maximum atomic E-state index is 11.7. The van der Waals surface area contributed by atoms with Gasteiger partial charge in [0.25, 0.3) is 0 Å². The van der Waals surface area contributed by atoms with Crippen molar-refractivity contribution in [1.82, 2.24) is 5.09 Å². The Morgan fingerprint density at radius 2 is 1.78 bits per heavy atom. The zero-order valence-corrected chi connectivity index (χ0v) is 15.4. The average molecular weight is 392 g/mol. The number of hydrogen-bond donors (Lipinski definition) is 3. The van der Waals surface area contributed by atoms with Crippen LogP contribution >= 0.6 is 7.75 Å². The molecule has 0 fully saturated rings. The second kappa shape index (κ2) is 9.87. The van der Waals surface area contributed by atoms with Crippen molar-refractivity contribution in [3.8, 4) is 11.5 Å². The topological polar surface area (TPSA) is 128 Å². The summed E-state index contributed by atoms with van der Waals surface area (Å²) in [6, 6.07) is 16.8. The van der Waals surface area contributed by atoms with Gasteiger partial charge in [-0.05, 0) is 42.7 Å². The maximum absolute atomic E-state index is 11.7. The average Bonchev–Trinajstić information content (AvgIpc) is 2.59. The van der Waals surface area contributed by atoms with E-state index in [0.29, 0.717) is 18.6 Å². The summed E-state index contributed by atoms with van der Waals surface area (Å²) in [5.41, 5.74) is 5.81. The lowest BCUT2D eigenvalue weighted by atomic mass is 10.1. The number of primary amides is 1. The van der Waals surface area contributed by atoms with Crippen molar-refractivity contribution in [3.63, 3.8) is 0 Å². The van der Waals surface area contributed by atoms with Crippen molar-refractivity contribution in [1.29, 1.82) is 0 Å². The molecule has 144 valence electrons. The van der Waals surface area contributed by atoms with Gasteiger partial charge in [-0.15, -0.1) is 0 Å². The van der Waals surface area contributed by atoms with Crippen molar-refractivity contribution >= 4 is 19.6 Å². The van der Waals surface area contributed by atoms with Gasteiger partial charge >= 0.3 is 7.75 Å². The number of carbonyl (C=O) groups is 2. The molecule has 1 unspecified atom stereocenters. The highest BCUT2D eigenvalue weighted by Gasteiger charge is 2.23. The number of carbonyl (C=O) groups excluding carboxylic acids is 2. The minimum absolute atomic E-state index is 0.0472. The zero-order chi connectivity index (χ0) is 19.7. The summed E-state index contributed by atoms with van der Waals surface area (Å²) >= 11 is 0. The van der Waals surface area contributed by atoms with Gasteiger partial charge in [0, 0.05) is 0 Å². The molecule has 0 heterocycles. The summed E-state index contributed by atoms with van der Waals surface area (Å²) in [6.07, 6.45) is 0.356. The standard InChI is InChI=1S/C18H21N2O6P/c19-17(21)13-18(22)20-27(23,24)25-11-5-7-14-6-4-10-16(12-14)26-15-8-2-1-3-9-15/h1-4,6,8-10,12H,5,7,11,13H2,(H2,19,21)(H2,20,22,23,24). The summed E-state index contributed by atoms with van der Waals surface area (Å²) in [6.45, 7) is -0.0472. The van der Waals surface area contributed by atoms with E-state index < -0.39 is 26.0 Å².